The van der Waals surface area contributed by atoms with Crippen molar-refractivity contribution in [3.8, 4) is 0 Å². The van der Waals surface area contributed by atoms with Gasteiger partial charge in [0, 0.05) is 18.8 Å². The SMILES string of the molecule is CCNC(=NCCCc1cn[nH]c1C)NC(C)c1ccc(C)c(F)c1.I. The van der Waals surface area contributed by atoms with Gasteiger partial charge in [-0.05, 0) is 63.3 Å². The number of hydrogen-bond donors (Lipinski definition) is 3. The second kappa shape index (κ2) is 11.2. The molecule has 0 aliphatic rings. The molecule has 0 amide bonds. The second-order valence-electron chi connectivity index (χ2n) is 6.26. The van der Waals surface area contributed by atoms with Crippen molar-refractivity contribution < 1.29 is 4.39 Å². The molecule has 1 unspecified atom stereocenters. The lowest BCUT2D eigenvalue weighted by Gasteiger charge is -2.18. The molecular formula is C19H29FIN5. The number of H-pyrrole nitrogens is 1. The smallest absolute Gasteiger partial charge is 0.191 e. The van der Waals surface area contributed by atoms with Crippen LogP contribution in [0.25, 0.3) is 0 Å². The first-order chi connectivity index (χ1) is 12.0. The number of hydrogen-bond acceptors (Lipinski definition) is 2. The maximum absolute atomic E-state index is 13.8. The molecule has 0 saturated carbocycles. The van der Waals surface area contributed by atoms with Crippen molar-refractivity contribution in [1.82, 2.24) is 20.8 Å². The van der Waals surface area contributed by atoms with Gasteiger partial charge in [0.1, 0.15) is 5.82 Å². The summed E-state index contributed by atoms with van der Waals surface area (Å²) in [5, 5.41) is 13.6. The van der Waals surface area contributed by atoms with Gasteiger partial charge in [-0.15, -0.1) is 24.0 Å². The van der Waals surface area contributed by atoms with Gasteiger partial charge in [-0.2, -0.15) is 5.10 Å². The summed E-state index contributed by atoms with van der Waals surface area (Å²) in [5.74, 6) is 0.573. The molecule has 0 spiro atoms. The van der Waals surface area contributed by atoms with Gasteiger partial charge in [0.2, 0.25) is 0 Å². The Labute approximate surface area is 172 Å². The number of nitrogens with zero attached hydrogens (tertiary/aromatic N) is 2. The van der Waals surface area contributed by atoms with Crippen LogP contribution in [0.15, 0.2) is 29.4 Å². The minimum atomic E-state index is -0.177. The van der Waals surface area contributed by atoms with Gasteiger partial charge < -0.3 is 10.6 Å². The topological polar surface area (TPSA) is 65.1 Å². The van der Waals surface area contributed by atoms with E-state index in [0.29, 0.717) is 5.56 Å². The van der Waals surface area contributed by atoms with Crippen LogP contribution in [0, 0.1) is 19.7 Å². The van der Waals surface area contributed by atoms with E-state index in [1.54, 1.807) is 19.1 Å². The van der Waals surface area contributed by atoms with Gasteiger partial charge in [0.25, 0.3) is 0 Å². The molecule has 1 heterocycles. The number of nitrogens with one attached hydrogen (secondary N) is 3. The number of guanidine groups is 1. The molecule has 3 N–H and O–H groups in total. The first-order valence-electron chi connectivity index (χ1n) is 8.81. The Balaban J connectivity index is 0.00000338. The van der Waals surface area contributed by atoms with E-state index < -0.39 is 0 Å². The fourth-order valence-corrected chi connectivity index (χ4v) is 2.57. The highest BCUT2D eigenvalue weighted by Crippen LogP contribution is 2.16. The second-order valence-corrected chi connectivity index (χ2v) is 6.26. The minimum absolute atomic E-state index is 0. The maximum Gasteiger partial charge on any atom is 0.191 e. The maximum atomic E-state index is 13.8. The molecule has 2 rings (SSSR count). The van der Waals surface area contributed by atoms with Crippen LogP contribution >= 0.6 is 24.0 Å². The molecule has 0 radical (unpaired) electrons. The molecule has 26 heavy (non-hydrogen) atoms. The summed E-state index contributed by atoms with van der Waals surface area (Å²) >= 11 is 0. The van der Waals surface area contributed by atoms with Crippen molar-refractivity contribution in [2.24, 2.45) is 4.99 Å². The van der Waals surface area contributed by atoms with E-state index in [9.17, 15) is 4.39 Å². The number of aliphatic imine (C=N–C) groups is 1. The zero-order chi connectivity index (χ0) is 18.2. The Morgan fingerprint density at radius 2 is 2.12 bits per heavy atom. The number of aromatic nitrogens is 2. The zero-order valence-electron chi connectivity index (χ0n) is 15.9. The Morgan fingerprint density at radius 3 is 2.73 bits per heavy atom. The third kappa shape index (κ3) is 6.59. The van der Waals surface area contributed by atoms with E-state index >= 15 is 0 Å². The summed E-state index contributed by atoms with van der Waals surface area (Å²) in [4.78, 5) is 4.62. The van der Waals surface area contributed by atoms with Crippen molar-refractivity contribution in [1.29, 1.82) is 0 Å². The highest BCUT2D eigenvalue weighted by Gasteiger charge is 2.09. The molecule has 7 heteroatoms. The molecule has 0 bridgehead atoms. The molecular weight excluding hydrogens is 444 g/mol. The molecule has 144 valence electrons. The van der Waals surface area contributed by atoms with Crippen LogP contribution in [0.4, 0.5) is 4.39 Å². The zero-order valence-corrected chi connectivity index (χ0v) is 18.2. The molecule has 0 fully saturated rings. The van der Waals surface area contributed by atoms with Gasteiger partial charge in [-0.25, -0.2) is 4.39 Å². The van der Waals surface area contributed by atoms with Crippen molar-refractivity contribution in [2.45, 2.75) is 46.6 Å². The van der Waals surface area contributed by atoms with Gasteiger partial charge in [-0.1, -0.05) is 12.1 Å². The molecule has 1 atom stereocenters. The van der Waals surface area contributed by atoms with Crippen LogP contribution in [0.2, 0.25) is 0 Å². The van der Waals surface area contributed by atoms with Gasteiger partial charge in [0.15, 0.2) is 5.96 Å². The van der Waals surface area contributed by atoms with Gasteiger partial charge in [-0.3, -0.25) is 10.1 Å². The average molecular weight is 473 g/mol. The lowest BCUT2D eigenvalue weighted by Crippen LogP contribution is -2.38. The Morgan fingerprint density at radius 1 is 1.35 bits per heavy atom. The Bertz CT molecular complexity index is 714. The minimum Gasteiger partial charge on any atom is -0.357 e. The third-order valence-electron chi connectivity index (χ3n) is 4.20. The van der Waals surface area contributed by atoms with Gasteiger partial charge >= 0.3 is 0 Å². The van der Waals surface area contributed by atoms with Crippen LogP contribution in [-0.4, -0.2) is 29.2 Å². The van der Waals surface area contributed by atoms with E-state index in [4.69, 9.17) is 0 Å². The number of aryl methyl sites for hydroxylation is 3. The fourth-order valence-electron chi connectivity index (χ4n) is 2.57. The van der Waals surface area contributed by atoms with Crippen LogP contribution in [0.5, 0.6) is 0 Å². The number of benzene rings is 1. The van der Waals surface area contributed by atoms with E-state index in [-0.39, 0.29) is 35.8 Å². The predicted molar refractivity (Wildman–Crippen MR) is 116 cm³/mol. The Hall–Kier alpha value is -1.64. The van der Waals surface area contributed by atoms with E-state index in [0.717, 1.165) is 43.1 Å². The third-order valence-corrected chi connectivity index (χ3v) is 4.20. The normalized spacial score (nSPS) is 12.4. The summed E-state index contributed by atoms with van der Waals surface area (Å²) in [7, 11) is 0. The van der Waals surface area contributed by atoms with Crippen LogP contribution in [0.3, 0.4) is 0 Å². The summed E-state index contributed by atoms with van der Waals surface area (Å²) in [5.41, 5.74) is 3.91. The summed E-state index contributed by atoms with van der Waals surface area (Å²) < 4.78 is 13.8. The van der Waals surface area contributed by atoms with Crippen LogP contribution < -0.4 is 10.6 Å². The summed E-state index contributed by atoms with van der Waals surface area (Å²) in [6, 6.07) is 5.31. The number of rotatable bonds is 7. The van der Waals surface area contributed by atoms with Crippen molar-refractivity contribution in [3.63, 3.8) is 0 Å². The van der Waals surface area contributed by atoms with Crippen molar-refractivity contribution >= 4 is 29.9 Å². The molecule has 0 aliphatic heterocycles. The largest absolute Gasteiger partial charge is 0.357 e. The summed E-state index contributed by atoms with van der Waals surface area (Å²) in [6.45, 7) is 9.33. The lowest BCUT2D eigenvalue weighted by molar-refractivity contribution is 0.607. The summed E-state index contributed by atoms with van der Waals surface area (Å²) in [6.07, 6.45) is 3.77. The first kappa shape index (κ1) is 22.4. The standard InChI is InChI=1S/C19H28FN5.HI/c1-5-21-19(22-10-6-7-17-12-23-25-15(17)4)24-14(3)16-9-8-13(2)18(20)11-16;/h8-9,11-12,14H,5-7,10H2,1-4H3,(H,23,25)(H2,21,22,24);1H. The quantitative estimate of drug-likeness (QED) is 0.246. The Kier molecular flexibility index (Phi) is 9.61. The van der Waals surface area contributed by atoms with Gasteiger partial charge in [0.05, 0.1) is 12.2 Å². The van der Waals surface area contributed by atoms with E-state index in [1.165, 1.54) is 5.56 Å². The molecule has 1 aromatic carbocycles. The fraction of sp³-hybridized carbons (Fsp3) is 0.474. The lowest BCUT2D eigenvalue weighted by atomic mass is 10.1. The predicted octanol–water partition coefficient (Wildman–Crippen LogP) is 4.03. The highest BCUT2D eigenvalue weighted by molar-refractivity contribution is 14.0. The number of halogens is 2. The van der Waals surface area contributed by atoms with Crippen molar-refractivity contribution in [3.05, 3.63) is 52.6 Å². The van der Waals surface area contributed by atoms with E-state index in [2.05, 4.69) is 25.8 Å². The molecule has 5 nitrogen and oxygen atoms in total. The van der Waals surface area contributed by atoms with Crippen LogP contribution in [-0.2, 0) is 6.42 Å². The van der Waals surface area contributed by atoms with E-state index in [1.807, 2.05) is 33.0 Å². The first-order valence-corrected chi connectivity index (χ1v) is 8.81. The average Bonchev–Trinajstić information content (AvgIpc) is 2.99. The van der Waals surface area contributed by atoms with Crippen LogP contribution in [0.1, 0.15) is 48.7 Å². The van der Waals surface area contributed by atoms with Crippen molar-refractivity contribution in [2.75, 3.05) is 13.1 Å². The monoisotopic (exact) mass is 473 g/mol. The number of aromatic amines is 1. The molecule has 0 saturated heterocycles. The highest BCUT2D eigenvalue weighted by atomic mass is 127. The molecule has 2 aromatic rings. The molecule has 0 aliphatic carbocycles. The molecule has 1 aromatic heterocycles.